The van der Waals surface area contributed by atoms with E-state index in [-0.39, 0.29) is 5.91 Å². The van der Waals surface area contributed by atoms with E-state index in [1.165, 1.54) is 6.20 Å². The number of fused-ring (bicyclic) bond motifs is 1. The van der Waals surface area contributed by atoms with Crippen LogP contribution in [0.15, 0.2) is 35.4 Å². The van der Waals surface area contributed by atoms with Gasteiger partial charge in [-0.3, -0.25) is 4.79 Å². The Balaban J connectivity index is 1.75. The van der Waals surface area contributed by atoms with Crippen LogP contribution in [0, 0.1) is 25.2 Å². The summed E-state index contributed by atoms with van der Waals surface area (Å²) in [5.41, 5.74) is 4.53. The minimum Gasteiger partial charge on any atom is -0.326 e. The number of nitrogens with zero attached hydrogens (tertiary/aromatic N) is 4. The van der Waals surface area contributed by atoms with Gasteiger partial charge in [0.05, 0.1) is 6.20 Å². The largest absolute Gasteiger partial charge is 0.326 e. The van der Waals surface area contributed by atoms with Crippen molar-refractivity contribution < 1.29 is 4.79 Å². The molecule has 132 valence electrons. The minimum absolute atomic E-state index is 0.0414. The molecule has 1 aromatic carbocycles. The summed E-state index contributed by atoms with van der Waals surface area (Å²) in [7, 11) is 0. The molecule has 0 bridgehead atoms. The van der Waals surface area contributed by atoms with Crippen LogP contribution in [0.3, 0.4) is 0 Å². The molecule has 3 rings (SSSR count). The molecule has 2 heterocycles. The highest BCUT2D eigenvalue weighted by Crippen LogP contribution is 2.20. The van der Waals surface area contributed by atoms with Gasteiger partial charge in [0.25, 0.3) is 0 Å². The third kappa shape index (κ3) is 3.55. The predicted octanol–water partition coefficient (Wildman–Crippen LogP) is 3.51. The van der Waals surface area contributed by atoms with Gasteiger partial charge in [0.1, 0.15) is 11.6 Å². The first-order chi connectivity index (χ1) is 12.5. The molecule has 0 radical (unpaired) electrons. The van der Waals surface area contributed by atoms with Crippen molar-refractivity contribution >= 4 is 29.0 Å². The quantitative estimate of drug-likeness (QED) is 0.700. The molecule has 6 nitrogen and oxygen atoms in total. The molecule has 0 aliphatic carbocycles. The van der Waals surface area contributed by atoms with Gasteiger partial charge in [0.15, 0.2) is 5.65 Å². The van der Waals surface area contributed by atoms with Crippen molar-refractivity contribution in [1.29, 1.82) is 5.26 Å². The number of thioether (sulfide) groups is 1. The van der Waals surface area contributed by atoms with Crippen molar-refractivity contribution in [2.24, 2.45) is 0 Å². The fraction of sp³-hybridized carbons (Fsp3) is 0.263. The van der Waals surface area contributed by atoms with Gasteiger partial charge in [-0.25, -0.2) is 9.50 Å². The first-order valence-corrected chi connectivity index (χ1v) is 9.43. The lowest BCUT2D eigenvalue weighted by Gasteiger charge is -2.11. The van der Waals surface area contributed by atoms with E-state index in [0.717, 1.165) is 27.5 Å². The summed E-state index contributed by atoms with van der Waals surface area (Å²) in [6, 6.07) is 9.88. The normalized spacial score (nSPS) is 10.7. The summed E-state index contributed by atoms with van der Waals surface area (Å²) < 4.78 is 1.67. The average Bonchev–Trinajstić information content (AvgIpc) is 3.04. The number of anilines is 1. The fourth-order valence-corrected chi connectivity index (χ4v) is 3.37. The van der Waals surface area contributed by atoms with Crippen LogP contribution in [0.25, 0.3) is 5.65 Å². The van der Waals surface area contributed by atoms with Crippen LogP contribution in [0.2, 0.25) is 0 Å². The van der Waals surface area contributed by atoms with Gasteiger partial charge in [-0.15, -0.1) is 11.8 Å². The highest BCUT2D eigenvalue weighted by molar-refractivity contribution is 7.98. The number of benzene rings is 1. The SMILES string of the molecule is CSc1cccc(NC(=O)CCc2c(C)nc3c(C#N)cnn3c2C)c1. The molecule has 1 N–H and O–H groups in total. The number of carbonyl (C=O) groups excluding carboxylic acids is 1. The Kier molecular flexibility index (Phi) is 5.24. The molecule has 0 unspecified atom stereocenters. The van der Waals surface area contributed by atoms with Crippen molar-refractivity contribution in [3.8, 4) is 6.07 Å². The standard InChI is InChI=1S/C19H19N5OS/c1-12-17(13(2)24-19(22-12)14(10-20)11-21-24)7-8-18(25)23-15-5-4-6-16(9-15)26-3/h4-6,9,11H,7-8H2,1-3H3,(H,23,25). The highest BCUT2D eigenvalue weighted by atomic mass is 32.2. The maximum Gasteiger partial charge on any atom is 0.224 e. The number of nitrogens with one attached hydrogen (secondary N) is 1. The zero-order valence-electron chi connectivity index (χ0n) is 14.9. The van der Waals surface area contributed by atoms with Crippen molar-refractivity contribution in [3.05, 3.63) is 53.0 Å². The lowest BCUT2D eigenvalue weighted by molar-refractivity contribution is -0.116. The van der Waals surface area contributed by atoms with Crippen molar-refractivity contribution in [2.45, 2.75) is 31.6 Å². The second-order valence-electron chi connectivity index (χ2n) is 5.95. The molecular formula is C19H19N5OS. The molecule has 2 aromatic heterocycles. The smallest absolute Gasteiger partial charge is 0.224 e. The van der Waals surface area contributed by atoms with Crippen LogP contribution in [-0.2, 0) is 11.2 Å². The number of carbonyl (C=O) groups is 1. The molecular weight excluding hydrogens is 346 g/mol. The molecule has 1 amide bonds. The number of aryl methyl sites for hydroxylation is 2. The van der Waals surface area contributed by atoms with Crippen LogP contribution < -0.4 is 5.32 Å². The van der Waals surface area contributed by atoms with Crippen LogP contribution >= 0.6 is 11.8 Å². The van der Waals surface area contributed by atoms with Crippen LogP contribution in [0.1, 0.15) is 28.9 Å². The van der Waals surface area contributed by atoms with Crippen LogP contribution in [0.4, 0.5) is 5.69 Å². The molecule has 0 saturated carbocycles. The summed E-state index contributed by atoms with van der Waals surface area (Å²) in [6.07, 6.45) is 4.44. The van der Waals surface area contributed by atoms with Crippen molar-refractivity contribution in [2.75, 3.05) is 11.6 Å². The molecule has 0 saturated heterocycles. The number of amides is 1. The molecule has 0 aliphatic rings. The summed E-state index contributed by atoms with van der Waals surface area (Å²) in [4.78, 5) is 17.9. The Morgan fingerprint density at radius 2 is 2.19 bits per heavy atom. The number of rotatable bonds is 5. The minimum atomic E-state index is -0.0414. The molecule has 26 heavy (non-hydrogen) atoms. The van der Waals surface area contributed by atoms with Gasteiger partial charge >= 0.3 is 0 Å². The maximum absolute atomic E-state index is 12.3. The third-order valence-electron chi connectivity index (χ3n) is 4.28. The number of hydrogen-bond donors (Lipinski definition) is 1. The Morgan fingerprint density at radius 3 is 2.92 bits per heavy atom. The van der Waals surface area contributed by atoms with Gasteiger partial charge in [-0.05, 0) is 50.3 Å². The van der Waals surface area contributed by atoms with Gasteiger partial charge in [-0.1, -0.05) is 6.07 Å². The second kappa shape index (κ2) is 7.58. The lowest BCUT2D eigenvalue weighted by atomic mass is 10.1. The molecule has 0 fully saturated rings. The zero-order valence-corrected chi connectivity index (χ0v) is 15.7. The lowest BCUT2D eigenvalue weighted by Crippen LogP contribution is -2.14. The van der Waals surface area contributed by atoms with Gasteiger partial charge in [0.2, 0.25) is 5.91 Å². The molecule has 7 heteroatoms. The molecule has 3 aromatic rings. The van der Waals surface area contributed by atoms with Crippen LogP contribution in [0.5, 0.6) is 0 Å². The highest BCUT2D eigenvalue weighted by Gasteiger charge is 2.14. The van der Waals surface area contributed by atoms with E-state index in [4.69, 9.17) is 5.26 Å². The van der Waals surface area contributed by atoms with Gasteiger partial charge < -0.3 is 5.32 Å². The van der Waals surface area contributed by atoms with Crippen LogP contribution in [-0.4, -0.2) is 26.8 Å². The maximum atomic E-state index is 12.3. The van der Waals surface area contributed by atoms with E-state index in [1.807, 2.05) is 44.4 Å². The topological polar surface area (TPSA) is 83.1 Å². The van der Waals surface area contributed by atoms with E-state index in [0.29, 0.717) is 24.1 Å². The number of aromatic nitrogens is 3. The predicted molar refractivity (Wildman–Crippen MR) is 102 cm³/mol. The second-order valence-corrected chi connectivity index (χ2v) is 6.83. The van der Waals surface area contributed by atoms with E-state index >= 15 is 0 Å². The van der Waals surface area contributed by atoms with E-state index in [2.05, 4.69) is 21.5 Å². The fourth-order valence-electron chi connectivity index (χ4n) is 2.91. The summed E-state index contributed by atoms with van der Waals surface area (Å²) in [5, 5.41) is 16.3. The van der Waals surface area contributed by atoms with Gasteiger partial charge in [-0.2, -0.15) is 10.4 Å². The summed E-state index contributed by atoms with van der Waals surface area (Å²) in [6.45, 7) is 3.83. The Bertz CT molecular complexity index is 1020. The first-order valence-electron chi connectivity index (χ1n) is 8.21. The average molecular weight is 365 g/mol. The third-order valence-corrected chi connectivity index (χ3v) is 5.01. The summed E-state index contributed by atoms with van der Waals surface area (Å²) >= 11 is 1.64. The molecule has 0 atom stereocenters. The van der Waals surface area contributed by atoms with E-state index in [1.54, 1.807) is 16.3 Å². The first kappa shape index (κ1) is 18.0. The van der Waals surface area contributed by atoms with E-state index < -0.39 is 0 Å². The molecule has 0 spiro atoms. The van der Waals surface area contributed by atoms with E-state index in [9.17, 15) is 4.79 Å². The van der Waals surface area contributed by atoms with Gasteiger partial charge in [0, 0.05) is 28.4 Å². The van der Waals surface area contributed by atoms with Crippen molar-refractivity contribution in [1.82, 2.24) is 14.6 Å². The van der Waals surface area contributed by atoms with Crippen molar-refractivity contribution in [3.63, 3.8) is 0 Å². The number of hydrogen-bond acceptors (Lipinski definition) is 5. The Morgan fingerprint density at radius 1 is 1.38 bits per heavy atom. The summed E-state index contributed by atoms with van der Waals surface area (Å²) in [5.74, 6) is -0.0414. The number of nitriles is 1. The Labute approximate surface area is 156 Å². The molecule has 0 aliphatic heterocycles. The Hall–Kier alpha value is -2.85. The monoisotopic (exact) mass is 365 g/mol. The zero-order chi connectivity index (χ0) is 18.7.